The lowest BCUT2D eigenvalue weighted by atomic mass is 10.1. The first-order valence-electron chi connectivity index (χ1n) is 6.58. The van der Waals surface area contributed by atoms with Crippen LogP contribution < -0.4 is 10.6 Å². The highest BCUT2D eigenvalue weighted by Gasteiger charge is 2.17. The van der Waals surface area contributed by atoms with E-state index < -0.39 is 18.0 Å². The third kappa shape index (κ3) is 4.13. The maximum Gasteiger partial charge on any atom is 0.339 e. The predicted molar refractivity (Wildman–Crippen MR) is 88.2 cm³/mol. The van der Waals surface area contributed by atoms with Crippen molar-refractivity contribution in [1.29, 1.82) is 0 Å². The number of halogens is 1. The largest absolute Gasteiger partial charge is 0.465 e. The van der Waals surface area contributed by atoms with Crippen molar-refractivity contribution >= 4 is 45.5 Å². The van der Waals surface area contributed by atoms with Gasteiger partial charge in [0.2, 0.25) is 5.88 Å². The molecule has 126 valence electrons. The summed E-state index contributed by atoms with van der Waals surface area (Å²) < 4.78 is 14.9. The van der Waals surface area contributed by atoms with Crippen molar-refractivity contribution in [2.45, 2.75) is 0 Å². The summed E-state index contributed by atoms with van der Waals surface area (Å²) in [5.74, 6) is -1.07. The summed E-state index contributed by atoms with van der Waals surface area (Å²) in [6.45, 7) is 0. The molecule has 1 aromatic carbocycles. The molecule has 2 aromatic rings. The van der Waals surface area contributed by atoms with Crippen molar-refractivity contribution < 1.29 is 28.3 Å². The summed E-state index contributed by atoms with van der Waals surface area (Å²) in [6.07, 6.45) is 0. The molecule has 8 nitrogen and oxygen atoms in total. The van der Waals surface area contributed by atoms with Crippen LogP contribution in [0.3, 0.4) is 0 Å². The molecule has 0 saturated carbocycles. The quantitative estimate of drug-likeness (QED) is 0.767. The number of anilines is 2. The summed E-state index contributed by atoms with van der Waals surface area (Å²) in [5.41, 5.74) is 0.343. The molecule has 2 rings (SSSR count). The van der Waals surface area contributed by atoms with E-state index in [4.69, 9.17) is 4.42 Å². The number of nitrogens with one attached hydrogen (secondary N) is 2. The Morgan fingerprint density at radius 1 is 1.00 bits per heavy atom. The number of esters is 2. The lowest BCUT2D eigenvalue weighted by molar-refractivity contribution is 0.0587. The Bertz CT molecular complexity index is 786. The van der Waals surface area contributed by atoms with E-state index in [0.29, 0.717) is 4.67 Å². The summed E-state index contributed by atoms with van der Waals surface area (Å²) in [6, 6.07) is 6.55. The highest BCUT2D eigenvalue weighted by Crippen LogP contribution is 2.21. The number of benzene rings is 1. The zero-order valence-electron chi connectivity index (χ0n) is 12.7. The fourth-order valence-corrected chi connectivity index (χ4v) is 2.13. The van der Waals surface area contributed by atoms with Crippen molar-refractivity contribution in [2.24, 2.45) is 0 Å². The number of rotatable bonds is 4. The van der Waals surface area contributed by atoms with Crippen LogP contribution in [0.4, 0.5) is 16.4 Å². The highest BCUT2D eigenvalue weighted by molar-refractivity contribution is 9.10. The summed E-state index contributed by atoms with van der Waals surface area (Å²) in [4.78, 5) is 35.4. The van der Waals surface area contributed by atoms with Crippen LogP contribution in [0.1, 0.15) is 20.7 Å². The van der Waals surface area contributed by atoms with Crippen molar-refractivity contribution in [3.63, 3.8) is 0 Å². The Labute approximate surface area is 145 Å². The average molecular weight is 397 g/mol. The van der Waals surface area contributed by atoms with Crippen LogP contribution in [0.15, 0.2) is 39.4 Å². The standard InChI is InChI=1S/C15H13BrN2O6/c1-22-13(19)8-3-4-9(14(20)23-2)10(7-8)17-15(21)18-12-6-5-11(16)24-12/h3-7H,1-2H3,(H2,17,18,21). The second kappa shape index (κ2) is 7.64. The van der Waals surface area contributed by atoms with E-state index in [-0.39, 0.29) is 22.7 Å². The van der Waals surface area contributed by atoms with E-state index in [1.54, 1.807) is 6.07 Å². The second-order valence-corrected chi connectivity index (χ2v) is 5.21. The van der Waals surface area contributed by atoms with Crippen molar-refractivity contribution in [2.75, 3.05) is 24.9 Å². The number of hydrogen-bond acceptors (Lipinski definition) is 6. The number of ether oxygens (including phenoxy) is 2. The monoisotopic (exact) mass is 396 g/mol. The topological polar surface area (TPSA) is 107 Å². The molecule has 2 N–H and O–H groups in total. The lowest BCUT2D eigenvalue weighted by Gasteiger charge is -2.11. The van der Waals surface area contributed by atoms with Crippen molar-refractivity contribution in [3.05, 3.63) is 46.1 Å². The molecule has 0 aliphatic heterocycles. The zero-order chi connectivity index (χ0) is 17.7. The molecule has 0 aliphatic rings. The van der Waals surface area contributed by atoms with E-state index in [2.05, 4.69) is 36.0 Å². The number of hydrogen-bond donors (Lipinski definition) is 2. The van der Waals surface area contributed by atoms with Gasteiger partial charge in [0.05, 0.1) is 31.0 Å². The third-order valence-corrected chi connectivity index (χ3v) is 3.33. The van der Waals surface area contributed by atoms with Gasteiger partial charge in [-0.2, -0.15) is 0 Å². The van der Waals surface area contributed by atoms with Crippen LogP contribution in [0.2, 0.25) is 0 Å². The Hall–Kier alpha value is -2.81. The molecule has 0 atom stereocenters. The number of furan rings is 1. The predicted octanol–water partition coefficient (Wildman–Crippen LogP) is 3.26. The molecular formula is C15H13BrN2O6. The molecule has 0 saturated heterocycles. The minimum Gasteiger partial charge on any atom is -0.465 e. The second-order valence-electron chi connectivity index (χ2n) is 4.43. The zero-order valence-corrected chi connectivity index (χ0v) is 14.3. The van der Waals surface area contributed by atoms with Crippen molar-refractivity contribution in [3.8, 4) is 0 Å². The van der Waals surface area contributed by atoms with Gasteiger partial charge in [0.15, 0.2) is 4.67 Å². The molecule has 24 heavy (non-hydrogen) atoms. The molecule has 0 unspecified atom stereocenters. The smallest absolute Gasteiger partial charge is 0.339 e. The highest BCUT2D eigenvalue weighted by atomic mass is 79.9. The molecule has 0 aliphatic carbocycles. The minimum atomic E-state index is -0.664. The van der Waals surface area contributed by atoms with Gasteiger partial charge in [0, 0.05) is 6.07 Å². The Kier molecular flexibility index (Phi) is 5.59. The van der Waals surface area contributed by atoms with Gasteiger partial charge >= 0.3 is 18.0 Å². The SMILES string of the molecule is COC(=O)c1ccc(C(=O)OC)c(NC(=O)Nc2ccc(Br)o2)c1. The van der Waals surface area contributed by atoms with E-state index in [9.17, 15) is 14.4 Å². The third-order valence-electron chi connectivity index (χ3n) is 2.90. The first-order chi connectivity index (χ1) is 11.4. The van der Waals surface area contributed by atoms with Crippen LogP contribution in [-0.2, 0) is 9.47 Å². The number of carbonyl (C=O) groups is 3. The summed E-state index contributed by atoms with van der Waals surface area (Å²) in [7, 11) is 2.44. The Morgan fingerprint density at radius 3 is 2.29 bits per heavy atom. The minimum absolute atomic E-state index is 0.0842. The number of carbonyl (C=O) groups excluding carboxylic acids is 3. The van der Waals surface area contributed by atoms with Crippen LogP contribution in [0, 0.1) is 0 Å². The van der Waals surface area contributed by atoms with Gasteiger partial charge in [-0.15, -0.1) is 0 Å². The van der Waals surface area contributed by atoms with Gasteiger partial charge < -0.3 is 19.2 Å². The maximum absolute atomic E-state index is 12.0. The first kappa shape index (κ1) is 17.5. The molecule has 0 bridgehead atoms. The molecule has 1 heterocycles. The van der Waals surface area contributed by atoms with Crippen LogP contribution in [-0.4, -0.2) is 32.2 Å². The molecule has 0 radical (unpaired) electrons. The summed E-state index contributed by atoms with van der Waals surface area (Å²) >= 11 is 3.11. The van der Waals surface area contributed by atoms with Gasteiger partial charge in [-0.1, -0.05) is 0 Å². The van der Waals surface area contributed by atoms with E-state index in [0.717, 1.165) is 0 Å². The number of urea groups is 1. The van der Waals surface area contributed by atoms with Gasteiger partial charge in [-0.3, -0.25) is 5.32 Å². The molecular weight excluding hydrogens is 384 g/mol. The summed E-state index contributed by atoms with van der Waals surface area (Å²) in [5, 5.41) is 4.91. The van der Waals surface area contributed by atoms with Gasteiger partial charge in [-0.25, -0.2) is 14.4 Å². The van der Waals surface area contributed by atoms with E-state index in [1.807, 2.05) is 0 Å². The average Bonchev–Trinajstić information content (AvgIpc) is 2.97. The Balaban J connectivity index is 2.26. The molecule has 0 fully saturated rings. The van der Waals surface area contributed by atoms with Crippen molar-refractivity contribution in [1.82, 2.24) is 0 Å². The molecule has 9 heteroatoms. The lowest BCUT2D eigenvalue weighted by Crippen LogP contribution is -2.21. The van der Waals surface area contributed by atoms with Crippen LogP contribution >= 0.6 is 15.9 Å². The van der Waals surface area contributed by atoms with Gasteiger partial charge in [-0.05, 0) is 40.2 Å². The Morgan fingerprint density at radius 2 is 1.71 bits per heavy atom. The normalized spacial score (nSPS) is 9.96. The van der Waals surface area contributed by atoms with Gasteiger partial charge in [0.25, 0.3) is 0 Å². The van der Waals surface area contributed by atoms with Crippen LogP contribution in [0.25, 0.3) is 0 Å². The first-order valence-corrected chi connectivity index (χ1v) is 7.38. The number of amides is 2. The van der Waals surface area contributed by atoms with E-state index >= 15 is 0 Å². The van der Waals surface area contributed by atoms with Crippen LogP contribution in [0.5, 0.6) is 0 Å². The fraction of sp³-hybridized carbons (Fsp3) is 0.133. The molecule has 1 aromatic heterocycles. The molecule has 2 amide bonds. The number of methoxy groups -OCH3 is 2. The van der Waals surface area contributed by atoms with Gasteiger partial charge in [0.1, 0.15) is 0 Å². The van der Waals surface area contributed by atoms with E-state index in [1.165, 1.54) is 38.5 Å². The molecule has 0 spiro atoms. The maximum atomic E-state index is 12.0. The fourth-order valence-electron chi connectivity index (χ4n) is 1.83.